The molecular weight excluding hydrogens is 496 g/mol. The Bertz CT molecular complexity index is 1310. The molecule has 1 heterocycles. The van der Waals surface area contributed by atoms with Gasteiger partial charge in [-0.25, -0.2) is 9.07 Å². The number of aromatic nitrogens is 2. The van der Waals surface area contributed by atoms with Crippen molar-refractivity contribution in [3.8, 4) is 5.69 Å². The molecule has 9 nitrogen and oxygen atoms in total. The van der Waals surface area contributed by atoms with Crippen molar-refractivity contribution in [2.45, 2.75) is 23.6 Å². The van der Waals surface area contributed by atoms with Crippen molar-refractivity contribution < 1.29 is 40.1 Å². The Morgan fingerprint density at radius 2 is 1.74 bits per heavy atom. The van der Waals surface area contributed by atoms with E-state index in [-0.39, 0.29) is 17.1 Å². The SMILES string of the molecule is Cc1ccc(S(=O)(=O)OCC(O)(CNC(=O)c2cnn(-c3ccc(F)cc3)c2N)C(F)(F)F)cc1. The fourth-order valence-corrected chi connectivity index (χ4v) is 3.78. The lowest BCUT2D eigenvalue weighted by molar-refractivity contribution is -0.264. The molecule has 3 aromatic rings. The summed E-state index contributed by atoms with van der Waals surface area (Å²) in [5.41, 5.74) is 2.76. The zero-order chi connectivity index (χ0) is 26.0. The molecule has 0 spiro atoms. The lowest BCUT2D eigenvalue weighted by Gasteiger charge is -2.30. The molecular formula is C21H20F4N4O5S. The number of nitrogens with zero attached hydrogens (tertiary/aromatic N) is 2. The second kappa shape index (κ2) is 9.64. The fraction of sp³-hybridized carbons (Fsp3) is 0.238. The highest BCUT2D eigenvalue weighted by Gasteiger charge is 2.55. The van der Waals surface area contributed by atoms with Gasteiger partial charge in [0.2, 0.25) is 5.60 Å². The molecule has 1 amide bonds. The molecule has 1 unspecified atom stereocenters. The van der Waals surface area contributed by atoms with Gasteiger partial charge in [-0.15, -0.1) is 0 Å². The topological polar surface area (TPSA) is 137 Å². The number of nitrogens with one attached hydrogen (secondary N) is 1. The van der Waals surface area contributed by atoms with Gasteiger partial charge in [-0.2, -0.15) is 26.7 Å². The van der Waals surface area contributed by atoms with E-state index in [2.05, 4.69) is 9.28 Å². The minimum atomic E-state index is -5.37. The van der Waals surface area contributed by atoms with Gasteiger partial charge in [0.1, 0.15) is 23.8 Å². The van der Waals surface area contributed by atoms with E-state index in [1.807, 2.05) is 5.32 Å². The maximum Gasteiger partial charge on any atom is 0.421 e. The number of anilines is 1. The number of aryl methyl sites for hydroxylation is 1. The molecule has 188 valence electrons. The number of alkyl halides is 3. The first-order valence-electron chi connectivity index (χ1n) is 9.86. The van der Waals surface area contributed by atoms with Crippen LogP contribution in [0.4, 0.5) is 23.4 Å². The van der Waals surface area contributed by atoms with Crippen LogP contribution in [-0.2, 0) is 14.3 Å². The van der Waals surface area contributed by atoms with Crippen LogP contribution >= 0.6 is 0 Å². The van der Waals surface area contributed by atoms with E-state index in [1.165, 1.54) is 24.3 Å². The zero-order valence-corrected chi connectivity index (χ0v) is 18.9. The molecule has 0 saturated heterocycles. The molecule has 0 aliphatic heterocycles. The Labute approximate surface area is 197 Å². The number of amides is 1. The summed E-state index contributed by atoms with van der Waals surface area (Å²) in [6.45, 7) is -1.48. The average molecular weight is 516 g/mol. The zero-order valence-electron chi connectivity index (χ0n) is 18.1. The highest BCUT2D eigenvalue weighted by Crippen LogP contribution is 2.31. The Hall–Kier alpha value is -3.49. The largest absolute Gasteiger partial charge is 0.421 e. The summed E-state index contributed by atoms with van der Waals surface area (Å²) in [6.07, 6.45) is -4.40. The van der Waals surface area contributed by atoms with Crippen molar-refractivity contribution in [3.05, 3.63) is 71.7 Å². The van der Waals surface area contributed by atoms with Crippen molar-refractivity contribution in [1.82, 2.24) is 15.1 Å². The van der Waals surface area contributed by atoms with Crippen molar-refractivity contribution in [3.63, 3.8) is 0 Å². The van der Waals surface area contributed by atoms with Crippen molar-refractivity contribution in [1.29, 1.82) is 0 Å². The Morgan fingerprint density at radius 1 is 1.14 bits per heavy atom. The summed E-state index contributed by atoms with van der Waals surface area (Å²) in [4.78, 5) is 12.0. The minimum Gasteiger partial charge on any atom is -0.383 e. The molecule has 3 rings (SSSR count). The number of aliphatic hydroxyl groups is 1. The molecule has 1 aromatic heterocycles. The standard InChI is InChI=1S/C21H20F4N4O5S/c1-13-2-8-16(9-3-13)35(32,33)34-12-20(31,21(23,24)25)11-27-19(30)17-10-28-29(18(17)26)15-6-4-14(22)5-7-15/h2-10,31H,11-12,26H2,1H3,(H,27,30). The van der Waals surface area contributed by atoms with Gasteiger partial charge in [-0.3, -0.25) is 8.98 Å². The highest BCUT2D eigenvalue weighted by molar-refractivity contribution is 7.86. The van der Waals surface area contributed by atoms with Crippen LogP contribution in [0.2, 0.25) is 0 Å². The number of hydrogen-bond donors (Lipinski definition) is 3. The molecule has 2 aromatic carbocycles. The van der Waals surface area contributed by atoms with Crippen LogP contribution in [0.3, 0.4) is 0 Å². The molecule has 0 aliphatic rings. The molecule has 0 aliphatic carbocycles. The number of benzene rings is 2. The van der Waals surface area contributed by atoms with E-state index in [0.29, 0.717) is 5.56 Å². The van der Waals surface area contributed by atoms with Crippen LogP contribution in [0.25, 0.3) is 5.69 Å². The highest BCUT2D eigenvalue weighted by atomic mass is 32.2. The Balaban J connectivity index is 1.74. The molecule has 35 heavy (non-hydrogen) atoms. The van der Waals surface area contributed by atoms with Crippen molar-refractivity contribution >= 4 is 21.8 Å². The molecule has 1 atom stereocenters. The first-order chi connectivity index (χ1) is 16.2. The number of rotatable bonds is 8. The lowest BCUT2D eigenvalue weighted by Crippen LogP contribution is -2.57. The molecule has 0 saturated carbocycles. The van der Waals surface area contributed by atoms with Crippen LogP contribution < -0.4 is 11.1 Å². The molecule has 4 N–H and O–H groups in total. The van der Waals surface area contributed by atoms with Gasteiger partial charge < -0.3 is 16.2 Å². The number of nitrogen functional groups attached to an aromatic ring is 1. The van der Waals surface area contributed by atoms with E-state index < -0.39 is 51.7 Å². The van der Waals surface area contributed by atoms with E-state index in [1.54, 1.807) is 6.92 Å². The predicted octanol–water partition coefficient (Wildman–Crippen LogP) is 2.33. The van der Waals surface area contributed by atoms with Crippen LogP contribution in [0.5, 0.6) is 0 Å². The third-order valence-corrected chi connectivity index (χ3v) is 6.23. The van der Waals surface area contributed by atoms with Gasteiger partial charge in [0.05, 0.1) is 23.3 Å². The number of nitrogens with two attached hydrogens (primary N) is 1. The van der Waals surface area contributed by atoms with Gasteiger partial charge in [-0.05, 0) is 43.3 Å². The smallest absolute Gasteiger partial charge is 0.383 e. The van der Waals surface area contributed by atoms with E-state index >= 15 is 0 Å². The first kappa shape index (κ1) is 26.1. The molecule has 0 bridgehead atoms. The predicted molar refractivity (Wildman–Crippen MR) is 116 cm³/mol. The maximum atomic E-state index is 13.6. The van der Waals surface area contributed by atoms with Gasteiger partial charge in [0, 0.05) is 0 Å². The van der Waals surface area contributed by atoms with E-state index in [4.69, 9.17) is 5.73 Å². The molecule has 0 radical (unpaired) electrons. The van der Waals surface area contributed by atoms with Gasteiger partial charge in [0.25, 0.3) is 16.0 Å². The third-order valence-electron chi connectivity index (χ3n) is 4.95. The van der Waals surface area contributed by atoms with Crippen LogP contribution in [0, 0.1) is 12.7 Å². The third kappa shape index (κ3) is 5.78. The van der Waals surface area contributed by atoms with Crippen LogP contribution in [0.1, 0.15) is 15.9 Å². The van der Waals surface area contributed by atoms with Gasteiger partial charge >= 0.3 is 6.18 Å². The van der Waals surface area contributed by atoms with E-state index in [0.717, 1.165) is 35.1 Å². The lowest BCUT2D eigenvalue weighted by atomic mass is 10.1. The van der Waals surface area contributed by atoms with Crippen molar-refractivity contribution in [2.24, 2.45) is 0 Å². The Kier molecular flexibility index (Phi) is 7.19. The number of carbonyl (C=O) groups is 1. The number of hydrogen-bond acceptors (Lipinski definition) is 7. The Morgan fingerprint density at radius 3 is 2.31 bits per heavy atom. The number of carbonyl (C=O) groups excluding carboxylic acids is 1. The van der Waals surface area contributed by atoms with Gasteiger partial charge in [0.15, 0.2) is 0 Å². The minimum absolute atomic E-state index is 0.261. The van der Waals surface area contributed by atoms with Gasteiger partial charge in [-0.1, -0.05) is 17.7 Å². The molecule has 0 fully saturated rings. The molecule has 14 heteroatoms. The monoisotopic (exact) mass is 516 g/mol. The maximum absolute atomic E-state index is 13.6. The summed E-state index contributed by atoms with van der Waals surface area (Å²) in [7, 11) is -4.63. The summed E-state index contributed by atoms with van der Waals surface area (Å²) < 4.78 is 83.8. The normalized spacial score (nSPS) is 13.9. The van der Waals surface area contributed by atoms with E-state index in [9.17, 15) is 35.9 Å². The summed E-state index contributed by atoms with van der Waals surface area (Å²) in [5, 5.41) is 15.9. The summed E-state index contributed by atoms with van der Waals surface area (Å²) in [6, 6.07) is 9.98. The van der Waals surface area contributed by atoms with Crippen molar-refractivity contribution in [2.75, 3.05) is 18.9 Å². The quantitative estimate of drug-likeness (QED) is 0.309. The first-order valence-corrected chi connectivity index (χ1v) is 11.3. The second-order valence-electron chi connectivity index (χ2n) is 7.57. The second-order valence-corrected chi connectivity index (χ2v) is 9.19. The van der Waals surface area contributed by atoms with Crippen LogP contribution in [-0.4, -0.2) is 54.1 Å². The number of halogens is 4. The van der Waals surface area contributed by atoms with Crippen LogP contribution in [0.15, 0.2) is 59.6 Å². The summed E-state index contributed by atoms with van der Waals surface area (Å²) >= 11 is 0. The average Bonchev–Trinajstić information content (AvgIpc) is 3.17. The fourth-order valence-electron chi connectivity index (χ4n) is 2.82. The summed E-state index contributed by atoms with van der Waals surface area (Å²) in [5.74, 6) is -1.92.